The summed E-state index contributed by atoms with van der Waals surface area (Å²) in [6, 6.07) is 8.16. The molecule has 0 aliphatic rings. The Balaban J connectivity index is 2.16. The van der Waals surface area contributed by atoms with Crippen molar-refractivity contribution >= 4 is 21.6 Å². The maximum absolute atomic E-state index is 12.3. The molecule has 0 radical (unpaired) electrons. The summed E-state index contributed by atoms with van der Waals surface area (Å²) in [7, 11) is -3.59. The summed E-state index contributed by atoms with van der Waals surface area (Å²) in [5, 5.41) is 0.437. The van der Waals surface area contributed by atoms with E-state index in [9.17, 15) is 8.42 Å². The van der Waals surface area contributed by atoms with E-state index >= 15 is 0 Å². The summed E-state index contributed by atoms with van der Waals surface area (Å²) in [4.78, 5) is 0.205. The fourth-order valence-electron chi connectivity index (χ4n) is 1.98. The first kappa shape index (κ1) is 15.1. The third-order valence-electron chi connectivity index (χ3n) is 2.95. The molecule has 108 valence electrons. The smallest absolute Gasteiger partial charge is 0.241 e. The van der Waals surface area contributed by atoms with Gasteiger partial charge in [-0.3, -0.25) is 0 Å². The summed E-state index contributed by atoms with van der Waals surface area (Å²) < 4.78 is 32.5. The van der Waals surface area contributed by atoms with Crippen LogP contribution < -0.4 is 4.72 Å². The molecule has 1 atom stereocenters. The quantitative estimate of drug-likeness (QED) is 0.922. The molecule has 0 saturated carbocycles. The third-order valence-corrected chi connectivity index (χ3v) is 5.09. The number of sulfonamides is 1. The zero-order chi connectivity index (χ0) is 14.8. The Morgan fingerprint density at radius 1 is 1.30 bits per heavy atom. The van der Waals surface area contributed by atoms with Crippen LogP contribution in [0.1, 0.15) is 18.2 Å². The van der Waals surface area contributed by atoms with Gasteiger partial charge in [-0.1, -0.05) is 17.7 Å². The Kier molecular flexibility index (Phi) is 4.52. The van der Waals surface area contributed by atoms with Crippen molar-refractivity contribution in [3.63, 3.8) is 0 Å². The van der Waals surface area contributed by atoms with Crippen molar-refractivity contribution in [2.24, 2.45) is 0 Å². The van der Waals surface area contributed by atoms with Crippen LogP contribution in [0.3, 0.4) is 0 Å². The van der Waals surface area contributed by atoms with E-state index in [1.807, 2.05) is 6.07 Å². The van der Waals surface area contributed by atoms with Gasteiger partial charge in [-0.15, -0.1) is 0 Å². The van der Waals surface area contributed by atoms with Crippen molar-refractivity contribution in [3.8, 4) is 0 Å². The monoisotopic (exact) mass is 313 g/mol. The molecule has 1 heterocycles. The molecule has 2 aromatic rings. The van der Waals surface area contributed by atoms with E-state index in [1.54, 1.807) is 44.4 Å². The molecule has 4 nitrogen and oxygen atoms in total. The van der Waals surface area contributed by atoms with Crippen molar-refractivity contribution in [3.05, 3.63) is 52.9 Å². The molecule has 1 aromatic carbocycles. The van der Waals surface area contributed by atoms with Crippen LogP contribution in [-0.4, -0.2) is 14.5 Å². The lowest BCUT2D eigenvalue weighted by Crippen LogP contribution is -2.34. The van der Waals surface area contributed by atoms with Crippen molar-refractivity contribution in [1.29, 1.82) is 0 Å². The fourth-order valence-corrected chi connectivity index (χ4v) is 3.72. The minimum absolute atomic E-state index is 0.205. The number of hydrogen-bond acceptors (Lipinski definition) is 3. The molecule has 0 spiro atoms. The average molecular weight is 314 g/mol. The minimum atomic E-state index is -3.59. The number of nitrogens with one attached hydrogen (secondary N) is 1. The van der Waals surface area contributed by atoms with E-state index in [0.29, 0.717) is 17.0 Å². The molecule has 0 fully saturated rings. The Morgan fingerprint density at radius 3 is 2.70 bits per heavy atom. The molecule has 0 bridgehead atoms. The van der Waals surface area contributed by atoms with Crippen molar-refractivity contribution in [1.82, 2.24) is 4.72 Å². The largest absolute Gasteiger partial charge is 0.469 e. The lowest BCUT2D eigenvalue weighted by molar-refractivity contribution is 0.479. The minimum Gasteiger partial charge on any atom is -0.469 e. The van der Waals surface area contributed by atoms with E-state index in [-0.39, 0.29) is 10.9 Å². The molecule has 2 rings (SSSR count). The van der Waals surface area contributed by atoms with Gasteiger partial charge in [0.05, 0.1) is 11.2 Å². The second-order valence-corrected chi connectivity index (χ2v) is 6.76. The second-order valence-electron chi connectivity index (χ2n) is 4.67. The predicted molar refractivity (Wildman–Crippen MR) is 78.4 cm³/mol. The highest BCUT2D eigenvalue weighted by Gasteiger charge is 2.21. The van der Waals surface area contributed by atoms with Crippen LogP contribution in [0.4, 0.5) is 0 Å². The number of hydrogen-bond donors (Lipinski definition) is 1. The SMILES string of the molecule is Cc1c(Cl)cccc1S(=O)(=O)NC(C)Cc1ccco1. The van der Waals surface area contributed by atoms with Crippen LogP contribution in [0.25, 0.3) is 0 Å². The lowest BCUT2D eigenvalue weighted by Gasteiger charge is -2.15. The standard InChI is InChI=1S/C14H16ClNO3S/c1-10(9-12-5-4-8-19-12)16-20(17,18)14-7-3-6-13(15)11(14)2/h3-8,10,16H,9H2,1-2H3. The van der Waals surface area contributed by atoms with Gasteiger partial charge in [0.15, 0.2) is 0 Å². The summed E-state index contributed by atoms with van der Waals surface area (Å²) in [5.74, 6) is 0.739. The summed E-state index contributed by atoms with van der Waals surface area (Å²) in [6.07, 6.45) is 2.06. The topological polar surface area (TPSA) is 59.3 Å². The molecule has 1 N–H and O–H groups in total. The lowest BCUT2D eigenvalue weighted by atomic mass is 10.2. The molecule has 6 heteroatoms. The molecular weight excluding hydrogens is 298 g/mol. The number of rotatable bonds is 5. The summed E-state index contributed by atoms with van der Waals surface area (Å²) in [5.41, 5.74) is 0.548. The van der Waals surface area contributed by atoms with Gasteiger partial charge < -0.3 is 4.42 Å². The molecule has 20 heavy (non-hydrogen) atoms. The van der Waals surface area contributed by atoms with Crippen LogP contribution in [-0.2, 0) is 16.4 Å². The van der Waals surface area contributed by atoms with Gasteiger partial charge in [-0.05, 0) is 43.7 Å². The van der Waals surface area contributed by atoms with E-state index < -0.39 is 10.0 Å². The average Bonchev–Trinajstić information content (AvgIpc) is 2.84. The Labute approximate surface area is 123 Å². The van der Waals surface area contributed by atoms with E-state index in [0.717, 1.165) is 5.76 Å². The van der Waals surface area contributed by atoms with Crippen LogP contribution in [0.5, 0.6) is 0 Å². The maximum atomic E-state index is 12.3. The van der Waals surface area contributed by atoms with Crippen molar-refractivity contribution in [2.75, 3.05) is 0 Å². The van der Waals surface area contributed by atoms with E-state index in [4.69, 9.17) is 16.0 Å². The molecule has 0 aliphatic heterocycles. The van der Waals surface area contributed by atoms with Gasteiger partial charge in [0, 0.05) is 17.5 Å². The zero-order valence-corrected chi connectivity index (χ0v) is 12.8. The molecule has 0 amide bonds. The second kappa shape index (κ2) is 5.99. The first-order valence-electron chi connectivity index (χ1n) is 6.20. The van der Waals surface area contributed by atoms with Crippen LogP contribution in [0.2, 0.25) is 5.02 Å². The number of furan rings is 1. The van der Waals surface area contributed by atoms with Crippen molar-refractivity contribution in [2.45, 2.75) is 31.2 Å². The summed E-state index contributed by atoms with van der Waals surface area (Å²) in [6.45, 7) is 3.48. The number of benzene rings is 1. The maximum Gasteiger partial charge on any atom is 0.241 e. The first-order chi connectivity index (χ1) is 9.40. The van der Waals surface area contributed by atoms with Crippen LogP contribution in [0, 0.1) is 6.92 Å². The normalized spacial score (nSPS) is 13.3. The molecule has 0 aliphatic carbocycles. The van der Waals surface area contributed by atoms with Gasteiger partial charge in [-0.2, -0.15) is 0 Å². The fraction of sp³-hybridized carbons (Fsp3) is 0.286. The highest BCUT2D eigenvalue weighted by Crippen LogP contribution is 2.23. The van der Waals surface area contributed by atoms with Crippen LogP contribution >= 0.6 is 11.6 Å². The van der Waals surface area contributed by atoms with E-state index in [2.05, 4.69) is 4.72 Å². The summed E-state index contributed by atoms with van der Waals surface area (Å²) >= 11 is 5.96. The Morgan fingerprint density at radius 2 is 2.05 bits per heavy atom. The number of halogens is 1. The van der Waals surface area contributed by atoms with Gasteiger partial charge >= 0.3 is 0 Å². The zero-order valence-electron chi connectivity index (χ0n) is 11.3. The molecular formula is C14H16ClNO3S. The molecule has 0 saturated heterocycles. The van der Waals surface area contributed by atoms with Crippen molar-refractivity contribution < 1.29 is 12.8 Å². The molecule has 1 aromatic heterocycles. The van der Waals surface area contributed by atoms with E-state index in [1.165, 1.54) is 0 Å². The predicted octanol–water partition coefficient (Wildman–Crippen LogP) is 3.15. The third kappa shape index (κ3) is 3.42. The van der Waals surface area contributed by atoms with Gasteiger partial charge in [0.25, 0.3) is 0 Å². The highest BCUT2D eigenvalue weighted by molar-refractivity contribution is 7.89. The highest BCUT2D eigenvalue weighted by atomic mass is 35.5. The Hall–Kier alpha value is -1.30. The molecule has 1 unspecified atom stereocenters. The van der Waals surface area contributed by atoms with Gasteiger partial charge in [-0.25, -0.2) is 13.1 Å². The van der Waals surface area contributed by atoms with Gasteiger partial charge in [0.2, 0.25) is 10.0 Å². The Bertz CT molecular complexity index is 680. The van der Waals surface area contributed by atoms with Gasteiger partial charge in [0.1, 0.15) is 5.76 Å². The van der Waals surface area contributed by atoms with Crippen LogP contribution in [0.15, 0.2) is 45.9 Å². The first-order valence-corrected chi connectivity index (χ1v) is 8.06.